The van der Waals surface area contributed by atoms with Crippen molar-refractivity contribution in [2.24, 2.45) is 21.1 Å². The fourth-order valence-corrected chi connectivity index (χ4v) is 7.68. The van der Waals surface area contributed by atoms with E-state index in [1.54, 1.807) is 0 Å². The average Bonchev–Trinajstić information content (AvgIpc) is 3.44. The van der Waals surface area contributed by atoms with Crippen LogP contribution >= 0.6 is 0 Å². The lowest BCUT2D eigenvalue weighted by atomic mass is 9.57. The lowest BCUT2D eigenvalue weighted by Crippen LogP contribution is -2.76. The lowest BCUT2D eigenvalue weighted by molar-refractivity contribution is -0.299. The van der Waals surface area contributed by atoms with Crippen molar-refractivity contribution in [1.82, 2.24) is 4.90 Å². The summed E-state index contributed by atoms with van der Waals surface area (Å²) in [5.41, 5.74) is -10.4. The van der Waals surface area contributed by atoms with Gasteiger partial charge in [-0.1, -0.05) is 50.0 Å². The number of rotatable bonds is 0. The first-order valence-electron chi connectivity index (χ1n) is 9.82. The van der Waals surface area contributed by atoms with Gasteiger partial charge in [0.05, 0.1) is 11.0 Å². The predicted molar refractivity (Wildman–Crippen MR) is 86.3 cm³/mol. The van der Waals surface area contributed by atoms with Crippen LogP contribution in [0.25, 0.3) is 0 Å². The molecule has 28 heavy (non-hydrogen) atoms. The molecule has 2 saturated heterocycles. The molecule has 0 N–H and O–H groups in total. The molecular weight excluding hydrogens is 384 g/mol. The van der Waals surface area contributed by atoms with E-state index in [1.807, 2.05) is 0 Å². The minimum atomic E-state index is -4.81. The molecule has 0 aromatic rings. The normalized spacial score (nSPS) is 55.5. The van der Waals surface area contributed by atoms with Crippen LogP contribution in [0.2, 0.25) is 0 Å². The van der Waals surface area contributed by atoms with Crippen molar-refractivity contribution < 1.29 is 26.3 Å². The van der Waals surface area contributed by atoms with E-state index in [9.17, 15) is 26.3 Å². The van der Waals surface area contributed by atoms with Gasteiger partial charge in [0.2, 0.25) is 11.2 Å². The molecule has 1 unspecified atom stereocenters. The van der Waals surface area contributed by atoms with Crippen molar-refractivity contribution in [2.75, 3.05) is 0 Å². The Hall–Kier alpha value is -1.38. The molecule has 7 aliphatic rings. The smallest absolute Gasteiger partial charge is 0.254 e. The highest BCUT2D eigenvalue weighted by atomic mass is 19.4. The highest BCUT2D eigenvalue weighted by molar-refractivity contribution is 5.60. The van der Waals surface area contributed by atoms with Crippen LogP contribution in [0.4, 0.5) is 26.3 Å². The Morgan fingerprint density at radius 1 is 0.821 bits per heavy atom. The van der Waals surface area contributed by atoms with Gasteiger partial charge in [-0.05, 0) is 19.3 Å². The van der Waals surface area contributed by atoms with Crippen LogP contribution in [-0.2, 0) is 0 Å². The molecule has 0 aromatic carbocycles. The number of azo groups is 1. The van der Waals surface area contributed by atoms with Crippen molar-refractivity contribution >= 4 is 0 Å². The first-order valence-corrected chi connectivity index (χ1v) is 9.82. The molecular formula is C19H19F6N3. The van der Waals surface area contributed by atoms with E-state index in [-0.39, 0.29) is 12.8 Å². The van der Waals surface area contributed by atoms with Crippen molar-refractivity contribution in [3.63, 3.8) is 0 Å². The molecule has 9 heteroatoms. The summed E-state index contributed by atoms with van der Waals surface area (Å²) < 4.78 is 88.5. The summed E-state index contributed by atoms with van der Waals surface area (Å²) in [5.74, 6) is 0. The van der Waals surface area contributed by atoms with Gasteiger partial charge in [0, 0.05) is 11.5 Å². The quantitative estimate of drug-likeness (QED) is 0.398. The van der Waals surface area contributed by atoms with E-state index in [1.165, 1.54) is 24.3 Å². The number of allylic oxidation sites excluding steroid dienone is 2. The van der Waals surface area contributed by atoms with Crippen LogP contribution in [-0.4, -0.2) is 40.0 Å². The molecule has 7 rings (SSSR count). The zero-order chi connectivity index (χ0) is 19.8. The van der Waals surface area contributed by atoms with Gasteiger partial charge < -0.3 is 0 Å². The van der Waals surface area contributed by atoms with Crippen LogP contribution in [0.5, 0.6) is 0 Å². The van der Waals surface area contributed by atoms with Crippen molar-refractivity contribution in [3.05, 3.63) is 24.3 Å². The van der Waals surface area contributed by atoms with E-state index in [4.69, 9.17) is 0 Å². The Bertz CT molecular complexity index is 861. The van der Waals surface area contributed by atoms with E-state index in [0.717, 1.165) is 17.7 Å². The maximum absolute atomic E-state index is 14.8. The molecule has 152 valence electrons. The second-order valence-corrected chi connectivity index (χ2v) is 9.18. The molecule has 0 amide bonds. The topological polar surface area (TPSA) is 27.7 Å². The number of piperidine rings is 1. The SMILES string of the molecule is FC(F)(F)[C@]12N=N[C@](C(F)(F)F)(N3[C@H]4CCCCCC[C@]431)[C@]13C=CC=C[C@@]12C3. The van der Waals surface area contributed by atoms with Crippen LogP contribution in [0.1, 0.15) is 44.9 Å². The Morgan fingerprint density at radius 2 is 1.50 bits per heavy atom. The van der Waals surface area contributed by atoms with Crippen molar-refractivity contribution in [1.29, 1.82) is 0 Å². The summed E-state index contributed by atoms with van der Waals surface area (Å²) in [4.78, 5) is 1.11. The van der Waals surface area contributed by atoms with Gasteiger partial charge in [0.15, 0.2) is 0 Å². The van der Waals surface area contributed by atoms with Gasteiger partial charge in [-0.15, -0.1) is 0 Å². The molecule has 0 radical (unpaired) electrons. The third-order valence-electron chi connectivity index (χ3n) is 8.51. The fourth-order valence-electron chi connectivity index (χ4n) is 7.68. The Kier molecular flexibility index (Phi) is 2.73. The van der Waals surface area contributed by atoms with Crippen molar-refractivity contribution in [2.45, 2.75) is 80.1 Å². The van der Waals surface area contributed by atoms with Crippen LogP contribution in [0.3, 0.4) is 0 Å². The fraction of sp³-hybridized carbons (Fsp3) is 0.789. The van der Waals surface area contributed by atoms with Gasteiger partial charge in [-0.3, -0.25) is 4.90 Å². The molecule has 2 bridgehead atoms. The molecule has 4 aliphatic heterocycles. The number of hydrogen-bond acceptors (Lipinski definition) is 3. The summed E-state index contributed by atoms with van der Waals surface area (Å²) in [7, 11) is 0. The number of nitrogens with zero attached hydrogens (tertiary/aromatic N) is 3. The average molecular weight is 403 g/mol. The molecule has 7 atom stereocenters. The molecule has 4 heterocycles. The van der Waals surface area contributed by atoms with Gasteiger partial charge in [0.1, 0.15) is 0 Å². The lowest BCUT2D eigenvalue weighted by Gasteiger charge is -2.58. The molecule has 2 saturated carbocycles. The standard InChI is InChI=1S/C19H19F6N3/c20-18(21,22)16-13-8-5-6-9-14(13,11-13)17(27-26-16,19(23,24)25)28-12-7-3-1-2-4-10-15(12,16)28/h5-6,8-9,12H,1-4,7,10-11H2/t12-,13+,14-,15+,16+,17-,28?/m0/s1. The third-order valence-corrected chi connectivity index (χ3v) is 8.51. The molecule has 3 nitrogen and oxygen atoms in total. The molecule has 3 aliphatic carbocycles. The van der Waals surface area contributed by atoms with Gasteiger partial charge in [0.25, 0.3) is 0 Å². The first kappa shape index (κ1) is 17.5. The van der Waals surface area contributed by atoms with E-state index in [2.05, 4.69) is 10.2 Å². The summed E-state index contributed by atoms with van der Waals surface area (Å²) in [6, 6.07) is -0.785. The second kappa shape index (κ2) is 4.37. The predicted octanol–water partition coefficient (Wildman–Crippen LogP) is 5.31. The van der Waals surface area contributed by atoms with E-state index < -0.39 is 46.0 Å². The summed E-state index contributed by atoms with van der Waals surface area (Å²) in [6.45, 7) is 0. The Balaban J connectivity index is 1.71. The van der Waals surface area contributed by atoms with Crippen molar-refractivity contribution in [3.8, 4) is 0 Å². The summed E-state index contributed by atoms with van der Waals surface area (Å²) in [5, 5.41) is 7.21. The Labute approximate surface area is 157 Å². The molecule has 0 aromatic heterocycles. The summed E-state index contributed by atoms with van der Waals surface area (Å²) >= 11 is 0. The van der Waals surface area contributed by atoms with E-state index in [0.29, 0.717) is 19.3 Å². The number of hydrogen-bond donors (Lipinski definition) is 0. The molecule has 1 spiro atoms. The first-order chi connectivity index (χ1) is 13.1. The van der Waals surface area contributed by atoms with Crippen LogP contribution in [0.15, 0.2) is 34.5 Å². The maximum Gasteiger partial charge on any atom is 0.429 e. The molecule has 4 fully saturated rings. The number of alkyl halides is 6. The summed E-state index contributed by atoms with van der Waals surface area (Å²) in [6.07, 6.45) is -1.10. The van der Waals surface area contributed by atoms with Gasteiger partial charge in [-0.25, -0.2) is 0 Å². The van der Waals surface area contributed by atoms with Gasteiger partial charge >= 0.3 is 12.4 Å². The minimum Gasteiger partial charge on any atom is -0.254 e. The highest BCUT2D eigenvalue weighted by Crippen LogP contribution is 2.93. The second-order valence-electron chi connectivity index (χ2n) is 9.18. The number of halogens is 6. The minimum absolute atomic E-state index is 0.0867. The zero-order valence-corrected chi connectivity index (χ0v) is 14.9. The van der Waals surface area contributed by atoms with Gasteiger partial charge in [-0.2, -0.15) is 36.6 Å². The zero-order valence-electron chi connectivity index (χ0n) is 14.9. The Morgan fingerprint density at radius 3 is 2.18 bits per heavy atom. The highest BCUT2D eigenvalue weighted by Gasteiger charge is 3.07. The van der Waals surface area contributed by atoms with Crippen LogP contribution < -0.4 is 0 Å². The maximum atomic E-state index is 14.8. The third kappa shape index (κ3) is 1.30. The monoisotopic (exact) mass is 403 g/mol. The van der Waals surface area contributed by atoms with Crippen LogP contribution in [0, 0.1) is 10.8 Å². The van der Waals surface area contributed by atoms with E-state index >= 15 is 0 Å². The largest absolute Gasteiger partial charge is 0.429 e.